The topological polar surface area (TPSA) is 0 Å². The first-order valence-electron chi connectivity index (χ1n) is 14.5. The molecule has 0 N–H and O–H groups in total. The number of hydrogen-bond acceptors (Lipinski definition) is 0. The zero-order chi connectivity index (χ0) is 27.9. The van der Waals surface area contributed by atoms with E-state index >= 15 is 0 Å². The molecule has 0 nitrogen and oxygen atoms in total. The van der Waals surface area contributed by atoms with Crippen LogP contribution in [0.5, 0.6) is 0 Å². The SMILES string of the molecule is c1ccc(-c2ccccc2-c2ccc3cc4cc5ccccc5cc4cc3c2-c2ccccc2-c2ccccc2)cc1. The maximum atomic E-state index is 2.41. The minimum Gasteiger partial charge on any atom is -0.0622 e. The van der Waals surface area contributed by atoms with Crippen LogP contribution in [0.15, 0.2) is 170 Å². The fraction of sp³-hybridized carbons (Fsp3) is 0. The highest BCUT2D eigenvalue weighted by atomic mass is 14.2. The summed E-state index contributed by atoms with van der Waals surface area (Å²) in [6, 6.07) is 61.9. The molecule has 8 aromatic carbocycles. The Hall–Kier alpha value is -5.46. The third-order valence-corrected chi connectivity index (χ3v) is 8.42. The van der Waals surface area contributed by atoms with E-state index in [-0.39, 0.29) is 0 Å². The van der Waals surface area contributed by atoms with Gasteiger partial charge in [0.2, 0.25) is 0 Å². The Morgan fingerprint density at radius 3 is 1.31 bits per heavy atom. The van der Waals surface area contributed by atoms with Crippen molar-refractivity contribution in [3.63, 3.8) is 0 Å². The van der Waals surface area contributed by atoms with Gasteiger partial charge in [0.25, 0.3) is 0 Å². The van der Waals surface area contributed by atoms with Crippen LogP contribution in [0.1, 0.15) is 0 Å². The van der Waals surface area contributed by atoms with Gasteiger partial charge in [-0.2, -0.15) is 0 Å². The summed E-state index contributed by atoms with van der Waals surface area (Å²) in [6.07, 6.45) is 0. The smallest absolute Gasteiger partial charge is 0.00201 e. The zero-order valence-corrected chi connectivity index (χ0v) is 23.2. The van der Waals surface area contributed by atoms with Gasteiger partial charge in [-0.3, -0.25) is 0 Å². The first-order chi connectivity index (χ1) is 20.8. The van der Waals surface area contributed by atoms with E-state index in [4.69, 9.17) is 0 Å². The summed E-state index contributed by atoms with van der Waals surface area (Å²) in [7, 11) is 0. The molecule has 0 aliphatic rings. The highest BCUT2D eigenvalue weighted by Gasteiger charge is 2.18. The Morgan fingerprint density at radius 1 is 0.238 bits per heavy atom. The quantitative estimate of drug-likeness (QED) is 0.198. The molecule has 0 radical (unpaired) electrons. The molecule has 0 unspecified atom stereocenters. The monoisotopic (exact) mass is 532 g/mol. The second kappa shape index (κ2) is 10.2. The lowest BCUT2D eigenvalue weighted by Crippen LogP contribution is -1.93. The fourth-order valence-electron chi connectivity index (χ4n) is 6.44. The summed E-state index contributed by atoms with van der Waals surface area (Å²) < 4.78 is 0. The van der Waals surface area contributed by atoms with Crippen LogP contribution in [0.25, 0.3) is 76.8 Å². The van der Waals surface area contributed by atoms with Gasteiger partial charge in [0, 0.05) is 0 Å². The Kier molecular flexibility index (Phi) is 5.90. The number of rotatable bonds is 4. The maximum Gasteiger partial charge on any atom is -0.00201 e. The van der Waals surface area contributed by atoms with E-state index < -0.39 is 0 Å². The van der Waals surface area contributed by atoms with Crippen molar-refractivity contribution in [2.75, 3.05) is 0 Å². The highest BCUT2D eigenvalue weighted by molar-refractivity contribution is 6.13. The molecule has 0 aromatic heterocycles. The molecule has 196 valence electrons. The van der Waals surface area contributed by atoms with Crippen molar-refractivity contribution in [2.45, 2.75) is 0 Å². The van der Waals surface area contributed by atoms with Crippen molar-refractivity contribution in [1.82, 2.24) is 0 Å². The molecule has 8 rings (SSSR count). The minimum atomic E-state index is 1.22. The summed E-state index contributed by atoms with van der Waals surface area (Å²) >= 11 is 0. The Balaban J connectivity index is 1.49. The first-order valence-corrected chi connectivity index (χ1v) is 14.5. The van der Waals surface area contributed by atoms with Gasteiger partial charge in [0.1, 0.15) is 0 Å². The molecule has 0 saturated heterocycles. The predicted octanol–water partition coefficient (Wildman–Crippen LogP) is 11.8. The number of hydrogen-bond donors (Lipinski definition) is 0. The summed E-state index contributed by atoms with van der Waals surface area (Å²) in [5, 5.41) is 7.57. The van der Waals surface area contributed by atoms with Crippen molar-refractivity contribution < 1.29 is 0 Å². The maximum absolute atomic E-state index is 2.41. The number of benzene rings is 8. The first kappa shape index (κ1) is 24.3. The van der Waals surface area contributed by atoms with Crippen LogP contribution in [0.2, 0.25) is 0 Å². The Morgan fingerprint density at radius 2 is 0.690 bits per heavy atom. The zero-order valence-electron chi connectivity index (χ0n) is 23.2. The molecule has 8 aromatic rings. The van der Waals surface area contributed by atoms with E-state index in [0.717, 1.165) is 0 Å². The van der Waals surface area contributed by atoms with Crippen LogP contribution in [-0.4, -0.2) is 0 Å². The minimum absolute atomic E-state index is 1.22. The molecule has 0 fully saturated rings. The van der Waals surface area contributed by atoms with Gasteiger partial charge in [0.05, 0.1) is 0 Å². The molecular weight excluding hydrogens is 504 g/mol. The van der Waals surface area contributed by atoms with Crippen LogP contribution >= 0.6 is 0 Å². The van der Waals surface area contributed by atoms with Gasteiger partial charge in [-0.15, -0.1) is 0 Å². The average molecular weight is 533 g/mol. The molecular formula is C42H28. The van der Waals surface area contributed by atoms with E-state index in [9.17, 15) is 0 Å². The summed E-state index contributed by atoms with van der Waals surface area (Å²) in [5.41, 5.74) is 9.91. The van der Waals surface area contributed by atoms with Crippen LogP contribution in [0.4, 0.5) is 0 Å². The molecule has 0 atom stereocenters. The lowest BCUT2D eigenvalue weighted by atomic mass is 9.83. The summed E-state index contributed by atoms with van der Waals surface area (Å²) in [5.74, 6) is 0. The van der Waals surface area contributed by atoms with Crippen LogP contribution in [0.3, 0.4) is 0 Å². The lowest BCUT2D eigenvalue weighted by Gasteiger charge is -2.20. The molecule has 0 aliphatic heterocycles. The Bertz CT molecular complexity index is 2220. The van der Waals surface area contributed by atoms with Crippen molar-refractivity contribution in [1.29, 1.82) is 0 Å². The van der Waals surface area contributed by atoms with Crippen molar-refractivity contribution in [2.24, 2.45) is 0 Å². The Labute approximate surface area is 246 Å². The molecule has 0 amide bonds. The second-order valence-corrected chi connectivity index (χ2v) is 10.9. The van der Waals surface area contributed by atoms with Crippen molar-refractivity contribution >= 4 is 32.3 Å². The van der Waals surface area contributed by atoms with Crippen molar-refractivity contribution in [3.8, 4) is 44.5 Å². The fourth-order valence-corrected chi connectivity index (χ4v) is 6.44. The summed E-state index contributed by atoms with van der Waals surface area (Å²) in [6.45, 7) is 0. The largest absolute Gasteiger partial charge is 0.0622 e. The standard InChI is InChI=1S/C42H28/c1-3-13-29(14-4-1)36-19-9-11-21-38(36)40-24-23-33-27-34-25-31-17-7-8-18-32(31)26-35(34)28-41(33)42(40)39-22-12-10-20-37(39)30-15-5-2-6-16-30/h1-28H. The van der Waals surface area contributed by atoms with Gasteiger partial charge in [-0.25, -0.2) is 0 Å². The number of fused-ring (bicyclic) bond motifs is 3. The van der Waals surface area contributed by atoms with Gasteiger partial charge in [-0.1, -0.05) is 146 Å². The van der Waals surface area contributed by atoms with E-state index in [1.807, 2.05) is 0 Å². The molecule has 0 bridgehead atoms. The van der Waals surface area contributed by atoms with Crippen LogP contribution < -0.4 is 0 Å². The second-order valence-electron chi connectivity index (χ2n) is 10.9. The van der Waals surface area contributed by atoms with E-state index in [2.05, 4.69) is 170 Å². The average Bonchev–Trinajstić information content (AvgIpc) is 3.07. The van der Waals surface area contributed by atoms with Gasteiger partial charge in [0.15, 0.2) is 0 Å². The molecule has 42 heavy (non-hydrogen) atoms. The van der Waals surface area contributed by atoms with Gasteiger partial charge in [-0.05, 0) is 101 Å². The molecule has 0 saturated carbocycles. The predicted molar refractivity (Wildman–Crippen MR) is 181 cm³/mol. The van der Waals surface area contributed by atoms with E-state index in [1.54, 1.807) is 0 Å². The molecule has 0 heteroatoms. The van der Waals surface area contributed by atoms with Gasteiger partial charge < -0.3 is 0 Å². The normalized spacial score (nSPS) is 11.3. The van der Waals surface area contributed by atoms with Crippen LogP contribution in [0, 0.1) is 0 Å². The van der Waals surface area contributed by atoms with E-state index in [1.165, 1.54) is 76.8 Å². The van der Waals surface area contributed by atoms with Crippen molar-refractivity contribution in [3.05, 3.63) is 170 Å². The van der Waals surface area contributed by atoms with Crippen LogP contribution in [-0.2, 0) is 0 Å². The molecule has 0 spiro atoms. The van der Waals surface area contributed by atoms with E-state index in [0.29, 0.717) is 0 Å². The third kappa shape index (κ3) is 4.17. The highest BCUT2D eigenvalue weighted by Crippen LogP contribution is 2.45. The molecule has 0 aliphatic carbocycles. The summed E-state index contributed by atoms with van der Waals surface area (Å²) in [4.78, 5) is 0. The van der Waals surface area contributed by atoms with Gasteiger partial charge >= 0.3 is 0 Å². The lowest BCUT2D eigenvalue weighted by molar-refractivity contribution is 1.57. The molecule has 0 heterocycles. The third-order valence-electron chi connectivity index (χ3n) is 8.42.